The van der Waals surface area contributed by atoms with Crippen molar-refractivity contribution < 1.29 is 24.3 Å². The van der Waals surface area contributed by atoms with E-state index in [0.717, 1.165) is 0 Å². The number of piperidine rings is 1. The van der Waals surface area contributed by atoms with Crippen molar-refractivity contribution in [3.63, 3.8) is 0 Å². The smallest absolute Gasteiger partial charge is 0.303 e. The lowest BCUT2D eigenvalue weighted by Crippen LogP contribution is -2.46. The summed E-state index contributed by atoms with van der Waals surface area (Å²) in [6.07, 6.45) is 3.61. The van der Waals surface area contributed by atoms with Crippen molar-refractivity contribution in [2.24, 2.45) is 16.7 Å². The highest BCUT2D eigenvalue weighted by atomic mass is 16.4. The summed E-state index contributed by atoms with van der Waals surface area (Å²) in [5.41, 5.74) is -0.795. The summed E-state index contributed by atoms with van der Waals surface area (Å²) in [6.45, 7) is 10.6. The van der Waals surface area contributed by atoms with Crippen LogP contribution in [0.3, 0.4) is 0 Å². The van der Waals surface area contributed by atoms with Gasteiger partial charge in [-0.3, -0.25) is 19.2 Å². The van der Waals surface area contributed by atoms with E-state index in [0.29, 0.717) is 58.0 Å². The highest BCUT2D eigenvalue weighted by Gasteiger charge is 2.41. The molecular weight excluding hydrogens is 358 g/mol. The summed E-state index contributed by atoms with van der Waals surface area (Å²) in [7, 11) is 0. The van der Waals surface area contributed by atoms with E-state index < -0.39 is 11.4 Å². The molecule has 0 saturated carbocycles. The van der Waals surface area contributed by atoms with Crippen LogP contribution in [0.5, 0.6) is 0 Å². The van der Waals surface area contributed by atoms with Crippen LogP contribution in [0.1, 0.15) is 86.0 Å². The molecule has 1 fully saturated rings. The maximum absolute atomic E-state index is 12.7. The minimum atomic E-state index is -0.839. The first-order valence-corrected chi connectivity index (χ1v) is 10.4. The molecule has 6 heteroatoms. The van der Waals surface area contributed by atoms with Crippen molar-refractivity contribution in [3.05, 3.63) is 0 Å². The first-order valence-electron chi connectivity index (χ1n) is 10.4. The molecule has 0 bridgehead atoms. The molecule has 0 aromatic rings. The third kappa shape index (κ3) is 7.72. The fourth-order valence-electron chi connectivity index (χ4n) is 3.54. The molecule has 1 rings (SSSR count). The van der Waals surface area contributed by atoms with Gasteiger partial charge in [-0.2, -0.15) is 0 Å². The van der Waals surface area contributed by atoms with Gasteiger partial charge in [0, 0.05) is 50.1 Å². The molecule has 0 atom stereocenters. The maximum atomic E-state index is 12.7. The molecule has 0 aromatic heterocycles. The second-order valence-electron chi connectivity index (χ2n) is 9.63. The lowest BCUT2D eigenvalue weighted by Gasteiger charge is -2.42. The van der Waals surface area contributed by atoms with Gasteiger partial charge in [-0.25, -0.2) is 0 Å². The Hall–Kier alpha value is -1.72. The number of aliphatic carboxylic acids is 1. The van der Waals surface area contributed by atoms with Gasteiger partial charge in [0.25, 0.3) is 0 Å². The minimum absolute atomic E-state index is 0.0383. The molecule has 0 unspecified atom stereocenters. The van der Waals surface area contributed by atoms with Crippen LogP contribution in [-0.2, 0) is 19.2 Å². The predicted molar refractivity (Wildman–Crippen MR) is 108 cm³/mol. The van der Waals surface area contributed by atoms with Crippen molar-refractivity contribution >= 4 is 23.4 Å². The average Bonchev–Trinajstić information content (AvgIpc) is 2.58. The molecule has 1 saturated heterocycles. The zero-order valence-corrected chi connectivity index (χ0v) is 18.2. The van der Waals surface area contributed by atoms with Gasteiger partial charge in [-0.1, -0.05) is 34.6 Å². The van der Waals surface area contributed by atoms with Crippen LogP contribution >= 0.6 is 0 Å². The summed E-state index contributed by atoms with van der Waals surface area (Å²) in [4.78, 5) is 49.9. The summed E-state index contributed by atoms with van der Waals surface area (Å²) >= 11 is 0. The van der Waals surface area contributed by atoms with Gasteiger partial charge < -0.3 is 10.0 Å². The van der Waals surface area contributed by atoms with Crippen LogP contribution in [-0.4, -0.2) is 46.5 Å². The Morgan fingerprint density at radius 3 is 1.96 bits per heavy atom. The van der Waals surface area contributed by atoms with Gasteiger partial charge in [0.15, 0.2) is 0 Å². The van der Waals surface area contributed by atoms with Crippen molar-refractivity contribution in [1.82, 2.24) is 4.90 Å². The number of rotatable bonds is 10. The molecule has 1 heterocycles. The van der Waals surface area contributed by atoms with Crippen molar-refractivity contribution in [3.8, 4) is 0 Å². The van der Waals surface area contributed by atoms with Crippen LogP contribution in [0.4, 0.5) is 0 Å². The van der Waals surface area contributed by atoms with E-state index in [-0.39, 0.29) is 35.2 Å². The monoisotopic (exact) mass is 395 g/mol. The molecule has 1 amide bonds. The zero-order chi connectivity index (χ0) is 21.5. The molecule has 0 radical (unpaired) electrons. The third-order valence-corrected chi connectivity index (χ3v) is 5.77. The fraction of sp³-hybridized carbons (Fsp3) is 0.818. The summed E-state index contributed by atoms with van der Waals surface area (Å²) < 4.78 is 0. The first-order chi connectivity index (χ1) is 12.9. The highest BCUT2D eigenvalue weighted by Crippen LogP contribution is 2.41. The number of Topliss-reactive ketones (excluding diaryl/α,β-unsaturated/α-hetero) is 2. The van der Waals surface area contributed by atoms with E-state index >= 15 is 0 Å². The van der Waals surface area contributed by atoms with E-state index in [1.807, 2.05) is 34.6 Å². The molecule has 1 aliphatic heterocycles. The molecule has 6 nitrogen and oxygen atoms in total. The van der Waals surface area contributed by atoms with Crippen molar-refractivity contribution in [2.75, 3.05) is 13.1 Å². The number of nitrogens with zero attached hydrogens (tertiary/aromatic N) is 1. The lowest BCUT2D eigenvalue weighted by atomic mass is 9.67. The minimum Gasteiger partial charge on any atom is -0.481 e. The average molecular weight is 396 g/mol. The second-order valence-corrected chi connectivity index (χ2v) is 9.63. The summed E-state index contributed by atoms with van der Waals surface area (Å²) in [5, 5.41) is 8.67. The van der Waals surface area contributed by atoms with E-state index in [1.165, 1.54) is 0 Å². The largest absolute Gasteiger partial charge is 0.481 e. The highest BCUT2D eigenvalue weighted by molar-refractivity contribution is 5.86. The van der Waals surface area contributed by atoms with Gasteiger partial charge in [0.05, 0.1) is 0 Å². The number of hydrogen-bond donors (Lipinski definition) is 1. The molecule has 1 aliphatic rings. The summed E-state index contributed by atoms with van der Waals surface area (Å²) in [6, 6.07) is 0. The Morgan fingerprint density at radius 2 is 1.50 bits per heavy atom. The van der Waals surface area contributed by atoms with Gasteiger partial charge >= 0.3 is 5.97 Å². The van der Waals surface area contributed by atoms with Crippen LogP contribution in [0, 0.1) is 16.7 Å². The van der Waals surface area contributed by atoms with Crippen molar-refractivity contribution in [2.45, 2.75) is 86.0 Å². The molecule has 1 N–H and O–H groups in total. The van der Waals surface area contributed by atoms with E-state index in [4.69, 9.17) is 5.11 Å². The quantitative estimate of drug-likeness (QED) is 0.567. The lowest BCUT2D eigenvalue weighted by molar-refractivity contribution is -0.139. The first kappa shape index (κ1) is 24.3. The number of ketones is 2. The Kier molecular flexibility index (Phi) is 8.83. The Balaban J connectivity index is 2.71. The number of likely N-dealkylation sites (tertiary alicyclic amines) is 1. The SMILES string of the molecule is CC(C)C(=O)CC1(CC(=O)C(C)(C)C)CCN(C(=O)CCCCC(=O)O)CC1. The Bertz CT molecular complexity index is 580. The maximum Gasteiger partial charge on any atom is 0.303 e. The summed E-state index contributed by atoms with van der Waals surface area (Å²) in [5.74, 6) is -0.520. The topological polar surface area (TPSA) is 91.8 Å². The fourth-order valence-corrected chi connectivity index (χ4v) is 3.54. The number of carboxylic acid groups (broad SMARTS) is 1. The normalized spacial score (nSPS) is 16.9. The number of carbonyl (C=O) groups excluding carboxylic acids is 3. The van der Waals surface area contributed by atoms with Crippen LogP contribution < -0.4 is 0 Å². The van der Waals surface area contributed by atoms with Gasteiger partial charge in [0.2, 0.25) is 5.91 Å². The number of hydrogen-bond acceptors (Lipinski definition) is 4. The van der Waals surface area contributed by atoms with Crippen LogP contribution in [0.25, 0.3) is 0 Å². The van der Waals surface area contributed by atoms with Crippen LogP contribution in [0.2, 0.25) is 0 Å². The number of carboxylic acids is 1. The standard InChI is InChI=1S/C22H37NO5/c1-16(2)17(24)14-22(15-18(25)21(3,4)5)10-12-23(13-11-22)19(26)8-6-7-9-20(27)28/h16H,6-15H2,1-5H3,(H,27,28). The molecule has 160 valence electrons. The van der Waals surface area contributed by atoms with Crippen LogP contribution in [0.15, 0.2) is 0 Å². The molecule has 0 aromatic carbocycles. The molecule has 0 aliphatic carbocycles. The Labute approximate surface area is 169 Å². The van der Waals surface area contributed by atoms with E-state index in [1.54, 1.807) is 4.90 Å². The van der Waals surface area contributed by atoms with Gasteiger partial charge in [-0.05, 0) is 31.1 Å². The van der Waals surface area contributed by atoms with E-state index in [9.17, 15) is 19.2 Å². The number of unbranched alkanes of at least 4 members (excludes halogenated alkanes) is 1. The molecular formula is C22H37NO5. The van der Waals surface area contributed by atoms with E-state index in [2.05, 4.69) is 0 Å². The van der Waals surface area contributed by atoms with Gasteiger partial charge in [0.1, 0.15) is 11.6 Å². The number of amides is 1. The molecule has 0 spiro atoms. The zero-order valence-electron chi connectivity index (χ0n) is 18.2. The second kappa shape index (κ2) is 10.2. The Morgan fingerprint density at radius 1 is 0.964 bits per heavy atom. The van der Waals surface area contributed by atoms with Gasteiger partial charge in [-0.15, -0.1) is 0 Å². The predicted octanol–water partition coefficient (Wildman–Crippen LogP) is 3.86. The third-order valence-electron chi connectivity index (χ3n) is 5.77. The van der Waals surface area contributed by atoms with Crippen molar-refractivity contribution in [1.29, 1.82) is 0 Å². The number of carbonyl (C=O) groups is 4. The molecule has 28 heavy (non-hydrogen) atoms.